The maximum atomic E-state index is 13.4. The van der Waals surface area contributed by atoms with Crippen LogP contribution in [0.25, 0.3) is 0 Å². The Morgan fingerprint density at radius 2 is 1.93 bits per heavy atom. The minimum atomic E-state index is -1.14. The molecule has 1 aromatic rings. The highest BCUT2D eigenvalue weighted by Gasteiger charge is 2.53. The molecule has 0 amide bonds. The number of carbonyl (C=O) groups is 1. The predicted octanol–water partition coefficient (Wildman–Crippen LogP) is 2.84. The predicted molar refractivity (Wildman–Crippen MR) is 52.6 cm³/mol. The average Bonchev–Trinajstić information content (AvgIpc) is 2.92. The van der Waals surface area contributed by atoms with Gasteiger partial charge in [0.2, 0.25) is 0 Å². The van der Waals surface area contributed by atoms with Crippen molar-refractivity contribution in [1.82, 2.24) is 0 Å². The highest BCUT2D eigenvalue weighted by molar-refractivity contribution is 9.10. The Hall–Kier alpha value is -0.970. The fraction of sp³-hybridized carbons (Fsp3) is 0.300. The van der Waals surface area contributed by atoms with E-state index in [0.717, 1.165) is 0 Å². The van der Waals surface area contributed by atoms with Crippen LogP contribution in [0.15, 0.2) is 16.6 Å². The number of hydrogen-bond donors (Lipinski definition) is 1. The van der Waals surface area contributed by atoms with Crippen LogP contribution in [0.5, 0.6) is 0 Å². The summed E-state index contributed by atoms with van der Waals surface area (Å²) in [4.78, 5) is 11.0. The molecule has 0 aromatic heterocycles. The molecule has 80 valence electrons. The van der Waals surface area contributed by atoms with Crippen molar-refractivity contribution in [2.45, 2.75) is 18.3 Å². The second kappa shape index (κ2) is 3.27. The molecule has 15 heavy (non-hydrogen) atoms. The van der Waals surface area contributed by atoms with Gasteiger partial charge in [-0.05, 0) is 34.8 Å². The summed E-state index contributed by atoms with van der Waals surface area (Å²) in [6, 6.07) is 1.92. The third-order valence-electron chi connectivity index (χ3n) is 2.68. The van der Waals surface area contributed by atoms with E-state index in [-0.39, 0.29) is 10.0 Å². The molecule has 1 saturated carbocycles. The van der Waals surface area contributed by atoms with Crippen molar-refractivity contribution in [3.8, 4) is 0 Å². The molecular formula is C10H7BrF2O2. The Labute approximate surface area is 93.0 Å². The fourth-order valence-electron chi connectivity index (χ4n) is 1.61. The quantitative estimate of drug-likeness (QED) is 0.844. The number of rotatable bonds is 2. The minimum absolute atomic E-state index is 0.0586. The molecule has 0 atom stereocenters. The van der Waals surface area contributed by atoms with Crippen LogP contribution in [0.2, 0.25) is 0 Å². The summed E-state index contributed by atoms with van der Waals surface area (Å²) >= 11 is 2.91. The standard InChI is InChI=1S/C10H7BrF2O2/c11-6-3-5(7(12)4-8(6)13)10(1-2-10)9(14)15/h3-4H,1-2H2,(H,14,15). The van der Waals surface area contributed by atoms with Gasteiger partial charge in [-0.2, -0.15) is 0 Å². The fourth-order valence-corrected chi connectivity index (χ4v) is 1.96. The van der Waals surface area contributed by atoms with Gasteiger partial charge in [-0.3, -0.25) is 4.79 Å². The lowest BCUT2D eigenvalue weighted by Crippen LogP contribution is -2.21. The summed E-state index contributed by atoms with van der Waals surface area (Å²) in [5.41, 5.74) is -1.08. The topological polar surface area (TPSA) is 37.3 Å². The number of benzene rings is 1. The van der Waals surface area contributed by atoms with Gasteiger partial charge in [-0.25, -0.2) is 8.78 Å². The zero-order chi connectivity index (χ0) is 11.2. The Bertz CT molecular complexity index is 441. The summed E-state index contributed by atoms with van der Waals surface area (Å²) in [6.45, 7) is 0. The zero-order valence-electron chi connectivity index (χ0n) is 7.56. The van der Waals surface area contributed by atoms with E-state index in [2.05, 4.69) is 15.9 Å². The summed E-state index contributed by atoms with van der Waals surface area (Å²) in [5.74, 6) is -2.58. The van der Waals surface area contributed by atoms with Crippen LogP contribution in [-0.4, -0.2) is 11.1 Å². The minimum Gasteiger partial charge on any atom is -0.481 e. The lowest BCUT2D eigenvalue weighted by molar-refractivity contribution is -0.140. The first-order valence-corrected chi connectivity index (χ1v) is 5.15. The molecule has 0 saturated heterocycles. The second-order valence-electron chi connectivity index (χ2n) is 3.63. The SMILES string of the molecule is O=C(O)C1(c2cc(Br)c(F)cc2F)CC1. The Morgan fingerprint density at radius 3 is 2.40 bits per heavy atom. The molecule has 1 aliphatic carbocycles. The van der Waals surface area contributed by atoms with Gasteiger partial charge in [0.1, 0.15) is 11.6 Å². The van der Waals surface area contributed by atoms with Gasteiger partial charge >= 0.3 is 5.97 Å². The average molecular weight is 277 g/mol. The number of hydrogen-bond acceptors (Lipinski definition) is 1. The molecule has 0 bridgehead atoms. The van der Waals surface area contributed by atoms with Crippen molar-refractivity contribution in [1.29, 1.82) is 0 Å². The van der Waals surface area contributed by atoms with E-state index in [9.17, 15) is 13.6 Å². The van der Waals surface area contributed by atoms with Crippen LogP contribution in [0.1, 0.15) is 18.4 Å². The van der Waals surface area contributed by atoms with Crippen molar-refractivity contribution in [2.24, 2.45) is 0 Å². The monoisotopic (exact) mass is 276 g/mol. The van der Waals surface area contributed by atoms with E-state index < -0.39 is 23.0 Å². The van der Waals surface area contributed by atoms with Gasteiger partial charge in [0.15, 0.2) is 0 Å². The molecule has 0 radical (unpaired) electrons. The van der Waals surface area contributed by atoms with E-state index in [1.54, 1.807) is 0 Å². The van der Waals surface area contributed by atoms with Crippen LogP contribution in [-0.2, 0) is 10.2 Å². The normalized spacial score (nSPS) is 17.5. The van der Waals surface area contributed by atoms with Crippen molar-refractivity contribution in [3.05, 3.63) is 33.8 Å². The number of aliphatic carboxylic acids is 1. The molecule has 1 fully saturated rings. The van der Waals surface area contributed by atoms with E-state index >= 15 is 0 Å². The van der Waals surface area contributed by atoms with Gasteiger partial charge in [0.05, 0.1) is 9.89 Å². The molecule has 1 aliphatic rings. The Balaban J connectivity index is 2.54. The van der Waals surface area contributed by atoms with Gasteiger partial charge in [0, 0.05) is 11.6 Å². The van der Waals surface area contributed by atoms with Gasteiger partial charge < -0.3 is 5.11 Å². The number of carboxylic acids is 1. The maximum Gasteiger partial charge on any atom is 0.314 e. The third kappa shape index (κ3) is 1.55. The third-order valence-corrected chi connectivity index (χ3v) is 3.29. The van der Waals surface area contributed by atoms with Crippen molar-refractivity contribution < 1.29 is 18.7 Å². The van der Waals surface area contributed by atoms with Crippen LogP contribution in [0, 0.1) is 11.6 Å². The molecule has 2 rings (SSSR count). The van der Waals surface area contributed by atoms with Crippen LogP contribution in [0.4, 0.5) is 8.78 Å². The molecule has 2 nitrogen and oxygen atoms in total. The molecule has 0 heterocycles. The number of halogens is 3. The van der Waals surface area contributed by atoms with Crippen molar-refractivity contribution >= 4 is 21.9 Å². The van der Waals surface area contributed by atoms with E-state index in [4.69, 9.17) is 5.11 Å². The molecule has 0 unspecified atom stereocenters. The summed E-state index contributed by atoms with van der Waals surface area (Å²) in [5, 5.41) is 8.97. The maximum absolute atomic E-state index is 13.4. The molecule has 1 N–H and O–H groups in total. The zero-order valence-corrected chi connectivity index (χ0v) is 9.14. The highest BCUT2D eigenvalue weighted by atomic mass is 79.9. The van der Waals surface area contributed by atoms with Gasteiger partial charge in [0.25, 0.3) is 0 Å². The summed E-state index contributed by atoms with van der Waals surface area (Å²) in [6.07, 6.45) is 0.800. The lowest BCUT2D eigenvalue weighted by Gasteiger charge is -2.11. The van der Waals surface area contributed by atoms with E-state index in [0.29, 0.717) is 18.9 Å². The summed E-state index contributed by atoms with van der Waals surface area (Å²) < 4.78 is 26.4. The first kappa shape index (κ1) is 10.5. The Morgan fingerprint density at radius 1 is 1.33 bits per heavy atom. The van der Waals surface area contributed by atoms with E-state index in [1.807, 2.05) is 0 Å². The largest absolute Gasteiger partial charge is 0.481 e. The first-order valence-electron chi connectivity index (χ1n) is 4.36. The molecular weight excluding hydrogens is 270 g/mol. The van der Waals surface area contributed by atoms with Gasteiger partial charge in [-0.15, -0.1) is 0 Å². The van der Waals surface area contributed by atoms with Crippen LogP contribution in [0.3, 0.4) is 0 Å². The summed E-state index contributed by atoms with van der Waals surface area (Å²) in [7, 11) is 0. The molecule has 1 aromatic carbocycles. The molecule has 5 heteroatoms. The first-order chi connectivity index (χ1) is 6.97. The van der Waals surface area contributed by atoms with Crippen molar-refractivity contribution in [3.63, 3.8) is 0 Å². The highest BCUT2D eigenvalue weighted by Crippen LogP contribution is 2.50. The molecule has 0 aliphatic heterocycles. The Kier molecular flexibility index (Phi) is 2.30. The van der Waals surface area contributed by atoms with Crippen molar-refractivity contribution in [2.75, 3.05) is 0 Å². The lowest BCUT2D eigenvalue weighted by atomic mass is 9.95. The van der Waals surface area contributed by atoms with Crippen LogP contribution >= 0.6 is 15.9 Å². The number of carboxylic acid groups (broad SMARTS) is 1. The van der Waals surface area contributed by atoms with E-state index in [1.165, 1.54) is 6.07 Å². The van der Waals surface area contributed by atoms with Crippen LogP contribution < -0.4 is 0 Å². The van der Waals surface area contributed by atoms with Gasteiger partial charge in [-0.1, -0.05) is 0 Å². The molecule has 0 spiro atoms. The smallest absolute Gasteiger partial charge is 0.314 e. The second-order valence-corrected chi connectivity index (χ2v) is 4.49.